The van der Waals surface area contributed by atoms with Gasteiger partial charge in [0.1, 0.15) is 0 Å². The normalized spacial score (nSPS) is 12.3. The zero-order valence-corrected chi connectivity index (χ0v) is 11.5. The zero-order chi connectivity index (χ0) is 12.8. The SMILES string of the molecule is CCSc1ccc(C(N)Cc2ccccc2)cc1. The standard InChI is InChI=1S/C16H19NS/c1-2-18-15-10-8-14(9-11-15)16(17)12-13-6-4-3-5-7-13/h3-11,16H,2,12,17H2,1H3. The van der Waals surface area contributed by atoms with Crippen LogP contribution in [0.3, 0.4) is 0 Å². The molecule has 0 bridgehead atoms. The Balaban J connectivity index is 2.02. The van der Waals surface area contributed by atoms with Gasteiger partial charge in [-0.1, -0.05) is 49.4 Å². The van der Waals surface area contributed by atoms with Crippen molar-refractivity contribution in [3.05, 3.63) is 65.7 Å². The van der Waals surface area contributed by atoms with Crippen molar-refractivity contribution in [2.45, 2.75) is 24.3 Å². The molecule has 0 fully saturated rings. The molecule has 0 saturated heterocycles. The highest BCUT2D eigenvalue weighted by Gasteiger charge is 2.06. The van der Waals surface area contributed by atoms with Crippen molar-refractivity contribution in [3.63, 3.8) is 0 Å². The van der Waals surface area contributed by atoms with Crippen LogP contribution >= 0.6 is 11.8 Å². The molecule has 1 atom stereocenters. The molecule has 18 heavy (non-hydrogen) atoms. The van der Waals surface area contributed by atoms with E-state index in [9.17, 15) is 0 Å². The van der Waals surface area contributed by atoms with E-state index in [1.165, 1.54) is 16.0 Å². The number of thioether (sulfide) groups is 1. The summed E-state index contributed by atoms with van der Waals surface area (Å²) in [6, 6.07) is 19.1. The minimum atomic E-state index is 0.0769. The maximum absolute atomic E-state index is 6.24. The Labute approximate surface area is 113 Å². The molecule has 0 spiro atoms. The number of rotatable bonds is 5. The first kappa shape index (κ1) is 13.2. The fourth-order valence-electron chi connectivity index (χ4n) is 1.96. The topological polar surface area (TPSA) is 26.0 Å². The molecule has 0 aliphatic rings. The van der Waals surface area contributed by atoms with Crippen LogP contribution in [0.15, 0.2) is 59.5 Å². The lowest BCUT2D eigenvalue weighted by atomic mass is 10.00. The summed E-state index contributed by atoms with van der Waals surface area (Å²) < 4.78 is 0. The Morgan fingerprint density at radius 3 is 2.28 bits per heavy atom. The lowest BCUT2D eigenvalue weighted by Crippen LogP contribution is -2.13. The minimum absolute atomic E-state index is 0.0769. The summed E-state index contributed by atoms with van der Waals surface area (Å²) in [5.74, 6) is 1.11. The smallest absolute Gasteiger partial charge is 0.0335 e. The molecule has 94 valence electrons. The first-order chi connectivity index (χ1) is 8.79. The predicted octanol–water partition coefficient (Wildman–Crippen LogP) is 4.04. The lowest BCUT2D eigenvalue weighted by Gasteiger charge is -2.12. The molecule has 2 heteroatoms. The molecule has 0 heterocycles. The Bertz CT molecular complexity index is 464. The summed E-state index contributed by atoms with van der Waals surface area (Å²) in [5.41, 5.74) is 8.74. The summed E-state index contributed by atoms with van der Waals surface area (Å²) in [7, 11) is 0. The van der Waals surface area contributed by atoms with Crippen LogP contribution in [0, 0.1) is 0 Å². The Hall–Kier alpha value is -1.25. The van der Waals surface area contributed by atoms with E-state index in [1.54, 1.807) is 0 Å². The van der Waals surface area contributed by atoms with Gasteiger partial charge in [0, 0.05) is 10.9 Å². The van der Waals surface area contributed by atoms with Crippen molar-refractivity contribution >= 4 is 11.8 Å². The number of benzene rings is 2. The van der Waals surface area contributed by atoms with Gasteiger partial charge in [0.05, 0.1) is 0 Å². The molecule has 0 amide bonds. The molecule has 0 saturated carbocycles. The van der Waals surface area contributed by atoms with Gasteiger partial charge in [0.2, 0.25) is 0 Å². The highest BCUT2D eigenvalue weighted by atomic mass is 32.2. The fraction of sp³-hybridized carbons (Fsp3) is 0.250. The maximum Gasteiger partial charge on any atom is 0.0335 e. The quantitative estimate of drug-likeness (QED) is 0.818. The predicted molar refractivity (Wildman–Crippen MR) is 79.9 cm³/mol. The Morgan fingerprint density at radius 1 is 1.00 bits per heavy atom. The van der Waals surface area contributed by atoms with Crippen LogP contribution in [0.4, 0.5) is 0 Å². The summed E-state index contributed by atoms with van der Waals surface area (Å²) in [6.07, 6.45) is 0.890. The molecule has 2 rings (SSSR count). The largest absolute Gasteiger partial charge is 0.324 e. The van der Waals surface area contributed by atoms with E-state index in [1.807, 2.05) is 17.8 Å². The third-order valence-electron chi connectivity index (χ3n) is 2.92. The van der Waals surface area contributed by atoms with Gasteiger partial charge < -0.3 is 5.73 Å². The van der Waals surface area contributed by atoms with Crippen LogP contribution in [0.1, 0.15) is 24.1 Å². The third kappa shape index (κ3) is 3.62. The fourth-order valence-corrected chi connectivity index (χ4v) is 2.63. The van der Waals surface area contributed by atoms with Gasteiger partial charge in [-0.15, -0.1) is 11.8 Å². The maximum atomic E-state index is 6.24. The second-order valence-electron chi connectivity index (χ2n) is 4.30. The second kappa shape index (κ2) is 6.62. The van der Waals surface area contributed by atoms with Crippen molar-refractivity contribution in [1.29, 1.82) is 0 Å². The van der Waals surface area contributed by atoms with Crippen LogP contribution in [-0.4, -0.2) is 5.75 Å². The molecule has 0 radical (unpaired) electrons. The van der Waals surface area contributed by atoms with Crippen molar-refractivity contribution < 1.29 is 0 Å². The van der Waals surface area contributed by atoms with Gasteiger partial charge in [-0.05, 0) is 35.4 Å². The molecule has 0 aliphatic carbocycles. The van der Waals surface area contributed by atoms with Crippen molar-refractivity contribution in [2.75, 3.05) is 5.75 Å². The van der Waals surface area contributed by atoms with Gasteiger partial charge in [0.15, 0.2) is 0 Å². The van der Waals surface area contributed by atoms with E-state index < -0.39 is 0 Å². The van der Waals surface area contributed by atoms with Crippen molar-refractivity contribution in [2.24, 2.45) is 5.73 Å². The van der Waals surface area contributed by atoms with E-state index in [0.29, 0.717) is 0 Å². The molecule has 1 nitrogen and oxygen atoms in total. The first-order valence-electron chi connectivity index (χ1n) is 6.32. The molecular weight excluding hydrogens is 238 g/mol. The summed E-state index contributed by atoms with van der Waals surface area (Å²) in [6.45, 7) is 2.17. The van der Waals surface area contributed by atoms with Crippen LogP contribution in [-0.2, 0) is 6.42 Å². The first-order valence-corrected chi connectivity index (χ1v) is 7.30. The number of nitrogens with two attached hydrogens (primary N) is 1. The highest BCUT2D eigenvalue weighted by molar-refractivity contribution is 7.99. The monoisotopic (exact) mass is 257 g/mol. The van der Waals surface area contributed by atoms with Gasteiger partial charge in [-0.25, -0.2) is 0 Å². The zero-order valence-electron chi connectivity index (χ0n) is 10.7. The second-order valence-corrected chi connectivity index (χ2v) is 5.64. The average Bonchev–Trinajstić information content (AvgIpc) is 2.41. The van der Waals surface area contributed by atoms with Crippen LogP contribution in [0.25, 0.3) is 0 Å². The molecule has 0 aliphatic heterocycles. The van der Waals surface area contributed by atoms with E-state index in [-0.39, 0.29) is 6.04 Å². The third-order valence-corrected chi connectivity index (χ3v) is 3.81. The number of hydrogen-bond acceptors (Lipinski definition) is 2. The molecule has 1 unspecified atom stereocenters. The Morgan fingerprint density at radius 2 is 1.67 bits per heavy atom. The Kier molecular flexibility index (Phi) is 4.85. The van der Waals surface area contributed by atoms with Crippen LogP contribution in [0.2, 0.25) is 0 Å². The number of hydrogen-bond donors (Lipinski definition) is 1. The molecule has 0 aromatic heterocycles. The average molecular weight is 257 g/mol. The van der Waals surface area contributed by atoms with E-state index >= 15 is 0 Å². The van der Waals surface area contributed by atoms with Gasteiger partial charge in [0.25, 0.3) is 0 Å². The van der Waals surface area contributed by atoms with Crippen LogP contribution in [0.5, 0.6) is 0 Å². The van der Waals surface area contributed by atoms with Crippen LogP contribution < -0.4 is 5.73 Å². The van der Waals surface area contributed by atoms with E-state index in [0.717, 1.165) is 12.2 Å². The van der Waals surface area contributed by atoms with E-state index in [4.69, 9.17) is 5.73 Å². The molecule has 2 aromatic rings. The van der Waals surface area contributed by atoms with E-state index in [2.05, 4.69) is 55.5 Å². The van der Waals surface area contributed by atoms with Gasteiger partial charge in [-0.3, -0.25) is 0 Å². The summed E-state index contributed by atoms with van der Waals surface area (Å²) >= 11 is 1.86. The minimum Gasteiger partial charge on any atom is -0.324 e. The lowest BCUT2D eigenvalue weighted by molar-refractivity contribution is 0.721. The van der Waals surface area contributed by atoms with Gasteiger partial charge >= 0.3 is 0 Å². The van der Waals surface area contributed by atoms with Crippen molar-refractivity contribution in [3.8, 4) is 0 Å². The summed E-state index contributed by atoms with van der Waals surface area (Å²) in [4.78, 5) is 1.31. The summed E-state index contributed by atoms with van der Waals surface area (Å²) in [5, 5.41) is 0. The molecular formula is C16H19NS. The molecule has 2 N–H and O–H groups in total. The molecule has 2 aromatic carbocycles. The van der Waals surface area contributed by atoms with Crippen molar-refractivity contribution in [1.82, 2.24) is 0 Å². The highest BCUT2D eigenvalue weighted by Crippen LogP contribution is 2.21. The van der Waals surface area contributed by atoms with Gasteiger partial charge in [-0.2, -0.15) is 0 Å².